The highest BCUT2D eigenvalue weighted by molar-refractivity contribution is 5.89. The van der Waals surface area contributed by atoms with Crippen LogP contribution in [0.5, 0.6) is 0 Å². The number of carboxylic acids is 2. The van der Waals surface area contributed by atoms with Crippen molar-refractivity contribution in [3.63, 3.8) is 0 Å². The molecule has 1 aromatic heterocycles. The molecule has 1 aliphatic rings. The second-order valence-electron chi connectivity index (χ2n) is 7.50. The number of para-hydroxylation sites is 1. The number of hydrogen-bond acceptors (Lipinski definition) is 4. The van der Waals surface area contributed by atoms with Gasteiger partial charge in [-0.2, -0.15) is 0 Å². The number of nitrogens with zero attached hydrogens (tertiary/aromatic N) is 1. The first-order chi connectivity index (χ1) is 15.3. The SMILES string of the molecule is CN1CCC(=Cc2ccc(F)cc2-c2cc3ccccc3o2)CC1.O=C(O)/C=C\C(=O)O. The van der Waals surface area contributed by atoms with Crippen molar-refractivity contribution in [2.24, 2.45) is 0 Å². The minimum absolute atomic E-state index is 0.240. The maximum absolute atomic E-state index is 13.8. The predicted octanol–water partition coefficient (Wildman–Crippen LogP) is 5.06. The zero-order valence-electron chi connectivity index (χ0n) is 17.6. The molecule has 0 unspecified atom stereocenters. The van der Waals surface area contributed by atoms with Crippen LogP contribution in [0.4, 0.5) is 4.39 Å². The first-order valence-electron chi connectivity index (χ1n) is 10.1. The molecule has 0 bridgehead atoms. The standard InChI is InChI=1S/C21H20FNO.C4H4O4/c1-23-10-8-15(9-11-23)12-16-6-7-18(22)14-19(16)21-13-17-4-2-3-5-20(17)24-21;5-3(6)1-2-4(7)8/h2-7,12-14H,8-11H2,1H3;1-2H,(H,5,6)(H,7,8)/b;2-1-. The van der Waals surface area contributed by atoms with E-state index in [2.05, 4.69) is 18.0 Å². The molecule has 0 aliphatic carbocycles. The third kappa shape index (κ3) is 6.39. The number of piperidine rings is 1. The van der Waals surface area contributed by atoms with Gasteiger partial charge in [0.2, 0.25) is 0 Å². The minimum atomic E-state index is -1.26. The Bertz CT molecular complexity index is 1120. The van der Waals surface area contributed by atoms with E-state index >= 15 is 0 Å². The molecule has 2 N–H and O–H groups in total. The molecular weight excluding hydrogens is 413 g/mol. The number of halogens is 1. The Balaban J connectivity index is 0.000000312. The van der Waals surface area contributed by atoms with Crippen LogP contribution in [-0.2, 0) is 9.59 Å². The van der Waals surface area contributed by atoms with E-state index in [9.17, 15) is 14.0 Å². The van der Waals surface area contributed by atoms with Crippen LogP contribution in [0.3, 0.4) is 0 Å². The summed E-state index contributed by atoms with van der Waals surface area (Å²) in [5.41, 5.74) is 4.08. The lowest BCUT2D eigenvalue weighted by atomic mass is 9.97. The topological polar surface area (TPSA) is 91.0 Å². The number of rotatable bonds is 4. The Kier molecular flexibility index (Phi) is 7.57. The van der Waals surface area contributed by atoms with Crippen molar-refractivity contribution in [3.05, 3.63) is 77.6 Å². The molecule has 166 valence electrons. The van der Waals surface area contributed by atoms with Crippen LogP contribution in [0.25, 0.3) is 28.4 Å². The Labute approximate surface area is 184 Å². The summed E-state index contributed by atoms with van der Waals surface area (Å²) < 4.78 is 19.8. The third-order valence-electron chi connectivity index (χ3n) is 5.06. The Morgan fingerprint density at radius 3 is 2.28 bits per heavy atom. The molecule has 4 rings (SSSR count). The number of benzene rings is 2. The number of likely N-dealkylation sites (tertiary alicyclic amines) is 1. The van der Waals surface area contributed by atoms with Crippen molar-refractivity contribution in [1.82, 2.24) is 4.90 Å². The highest BCUT2D eigenvalue weighted by Crippen LogP contribution is 2.32. The lowest BCUT2D eigenvalue weighted by Crippen LogP contribution is -2.26. The highest BCUT2D eigenvalue weighted by Gasteiger charge is 2.14. The molecule has 1 fully saturated rings. The third-order valence-corrected chi connectivity index (χ3v) is 5.06. The molecule has 0 atom stereocenters. The number of hydrogen-bond donors (Lipinski definition) is 2. The highest BCUT2D eigenvalue weighted by atomic mass is 19.1. The van der Waals surface area contributed by atoms with Crippen molar-refractivity contribution in [2.45, 2.75) is 12.8 Å². The molecule has 2 heterocycles. The Morgan fingerprint density at radius 1 is 1.00 bits per heavy atom. The monoisotopic (exact) mass is 437 g/mol. The van der Waals surface area contributed by atoms with E-state index in [0.29, 0.717) is 12.2 Å². The molecule has 6 nitrogen and oxygen atoms in total. The van der Waals surface area contributed by atoms with Crippen LogP contribution in [0.1, 0.15) is 18.4 Å². The normalized spacial score (nSPS) is 14.2. The van der Waals surface area contributed by atoms with Crippen LogP contribution in [0.2, 0.25) is 0 Å². The summed E-state index contributed by atoms with van der Waals surface area (Å²) in [5, 5.41) is 16.7. The molecule has 1 aliphatic heterocycles. The average molecular weight is 437 g/mol. The summed E-state index contributed by atoms with van der Waals surface area (Å²) in [4.78, 5) is 21.4. The van der Waals surface area contributed by atoms with E-state index in [0.717, 1.165) is 53.8 Å². The molecule has 0 saturated carbocycles. The molecule has 0 radical (unpaired) electrons. The summed E-state index contributed by atoms with van der Waals surface area (Å²) in [6.45, 7) is 2.15. The number of furan rings is 1. The fraction of sp³-hybridized carbons (Fsp3) is 0.200. The summed E-state index contributed by atoms with van der Waals surface area (Å²) >= 11 is 0. The van der Waals surface area contributed by atoms with Gasteiger partial charge in [-0.15, -0.1) is 0 Å². The predicted molar refractivity (Wildman–Crippen MR) is 121 cm³/mol. The van der Waals surface area contributed by atoms with Crippen LogP contribution in [0, 0.1) is 5.82 Å². The quantitative estimate of drug-likeness (QED) is 0.555. The molecule has 1 saturated heterocycles. The molecule has 3 aromatic rings. The van der Waals surface area contributed by atoms with E-state index in [-0.39, 0.29) is 5.82 Å². The van der Waals surface area contributed by atoms with Crippen molar-refractivity contribution in [3.8, 4) is 11.3 Å². The Morgan fingerprint density at radius 2 is 1.66 bits per heavy atom. The second-order valence-corrected chi connectivity index (χ2v) is 7.50. The lowest BCUT2D eigenvalue weighted by Gasteiger charge is -2.24. The maximum atomic E-state index is 13.8. The molecule has 32 heavy (non-hydrogen) atoms. The zero-order chi connectivity index (χ0) is 23.1. The largest absolute Gasteiger partial charge is 0.478 e. The smallest absolute Gasteiger partial charge is 0.328 e. The van der Waals surface area contributed by atoms with Crippen LogP contribution in [0.15, 0.2) is 70.7 Å². The van der Waals surface area contributed by atoms with Crippen LogP contribution < -0.4 is 0 Å². The summed E-state index contributed by atoms with van der Waals surface area (Å²) in [5.74, 6) is -2.04. The molecule has 2 aromatic carbocycles. The van der Waals surface area contributed by atoms with E-state index in [4.69, 9.17) is 14.6 Å². The van der Waals surface area contributed by atoms with Crippen molar-refractivity contribution in [1.29, 1.82) is 0 Å². The van der Waals surface area contributed by atoms with Gasteiger partial charge in [0.05, 0.1) is 0 Å². The van der Waals surface area contributed by atoms with Gasteiger partial charge in [0.1, 0.15) is 17.2 Å². The fourth-order valence-corrected chi connectivity index (χ4v) is 3.39. The van der Waals surface area contributed by atoms with Crippen molar-refractivity contribution < 1.29 is 28.6 Å². The number of carbonyl (C=O) groups is 2. The van der Waals surface area contributed by atoms with Gasteiger partial charge in [0.15, 0.2) is 0 Å². The minimum Gasteiger partial charge on any atom is -0.478 e. The molecule has 7 heteroatoms. The van der Waals surface area contributed by atoms with Gasteiger partial charge in [0.25, 0.3) is 0 Å². The zero-order valence-corrected chi connectivity index (χ0v) is 17.6. The number of fused-ring (bicyclic) bond motifs is 1. The summed E-state index contributed by atoms with van der Waals surface area (Å²) in [6, 6.07) is 14.8. The van der Waals surface area contributed by atoms with Gasteiger partial charge in [-0.1, -0.05) is 35.9 Å². The summed E-state index contributed by atoms with van der Waals surface area (Å²) in [6.07, 6.45) is 5.44. The molecule has 0 spiro atoms. The first kappa shape index (κ1) is 23.0. The van der Waals surface area contributed by atoms with Gasteiger partial charge in [-0.3, -0.25) is 0 Å². The van der Waals surface area contributed by atoms with Crippen molar-refractivity contribution >= 4 is 29.0 Å². The molecule has 0 amide bonds. The van der Waals surface area contributed by atoms with Crippen LogP contribution >= 0.6 is 0 Å². The van der Waals surface area contributed by atoms with E-state index in [1.807, 2.05) is 36.4 Å². The van der Waals surface area contributed by atoms with E-state index < -0.39 is 11.9 Å². The maximum Gasteiger partial charge on any atom is 0.328 e. The van der Waals surface area contributed by atoms with Crippen LogP contribution in [-0.4, -0.2) is 47.2 Å². The summed E-state index contributed by atoms with van der Waals surface area (Å²) in [7, 11) is 2.15. The molecular formula is C25H24FNO5. The fourth-order valence-electron chi connectivity index (χ4n) is 3.39. The van der Waals surface area contributed by atoms with Gasteiger partial charge in [-0.05, 0) is 49.7 Å². The number of aliphatic carboxylic acids is 2. The van der Waals surface area contributed by atoms with Gasteiger partial charge in [-0.25, -0.2) is 14.0 Å². The van der Waals surface area contributed by atoms with E-state index in [1.54, 1.807) is 6.07 Å². The van der Waals surface area contributed by atoms with E-state index in [1.165, 1.54) is 11.6 Å². The second kappa shape index (κ2) is 10.5. The average Bonchev–Trinajstić information content (AvgIpc) is 3.20. The number of carboxylic acid groups (broad SMARTS) is 2. The lowest BCUT2D eigenvalue weighted by molar-refractivity contribution is -0.134. The first-order valence-corrected chi connectivity index (χ1v) is 10.1. The van der Waals surface area contributed by atoms with Gasteiger partial charge >= 0.3 is 11.9 Å². The van der Waals surface area contributed by atoms with Crippen molar-refractivity contribution in [2.75, 3.05) is 20.1 Å². The van der Waals surface area contributed by atoms with Gasteiger partial charge in [0, 0.05) is 36.2 Å². The van der Waals surface area contributed by atoms with Gasteiger partial charge < -0.3 is 19.5 Å². The Hall–Kier alpha value is -3.71.